The first kappa shape index (κ1) is 5.69. The first-order chi connectivity index (χ1) is 4.41. The van der Waals surface area contributed by atoms with E-state index in [0.29, 0.717) is 5.54 Å². The van der Waals surface area contributed by atoms with Crippen LogP contribution in [0.3, 0.4) is 0 Å². The molecule has 2 heterocycles. The molecular formula is C7H13NO. The van der Waals surface area contributed by atoms with Crippen LogP contribution in [0.1, 0.15) is 19.3 Å². The van der Waals surface area contributed by atoms with Crippen LogP contribution in [0.4, 0.5) is 0 Å². The predicted molar refractivity (Wildman–Crippen MR) is 35.4 cm³/mol. The second-order valence-corrected chi connectivity index (χ2v) is 3.11. The fourth-order valence-electron chi connectivity index (χ4n) is 1.67. The molecule has 0 saturated carbocycles. The van der Waals surface area contributed by atoms with E-state index in [9.17, 15) is 0 Å². The summed E-state index contributed by atoms with van der Waals surface area (Å²) in [6.45, 7) is 3.12. The minimum Gasteiger partial charge on any atom is -0.380 e. The maximum Gasteiger partial charge on any atom is 0.0648 e. The molecule has 0 aromatic rings. The summed E-state index contributed by atoms with van der Waals surface area (Å²) in [7, 11) is 0. The normalized spacial score (nSPS) is 42.7. The van der Waals surface area contributed by atoms with Crippen molar-refractivity contribution in [1.82, 2.24) is 5.32 Å². The molecule has 1 spiro atoms. The molecule has 0 amide bonds. The van der Waals surface area contributed by atoms with Gasteiger partial charge in [-0.05, 0) is 25.8 Å². The number of rotatable bonds is 0. The highest BCUT2D eigenvalue weighted by Gasteiger charge is 2.37. The molecule has 2 aliphatic rings. The molecule has 0 aromatic heterocycles. The third kappa shape index (κ3) is 0.864. The molecule has 2 heteroatoms. The van der Waals surface area contributed by atoms with Gasteiger partial charge in [-0.25, -0.2) is 0 Å². The van der Waals surface area contributed by atoms with Crippen molar-refractivity contribution in [2.45, 2.75) is 24.8 Å². The van der Waals surface area contributed by atoms with Crippen molar-refractivity contribution in [3.63, 3.8) is 0 Å². The van der Waals surface area contributed by atoms with E-state index < -0.39 is 0 Å². The van der Waals surface area contributed by atoms with E-state index >= 15 is 0 Å². The average molecular weight is 127 g/mol. The van der Waals surface area contributed by atoms with Crippen LogP contribution in [0.5, 0.6) is 0 Å². The van der Waals surface area contributed by atoms with E-state index in [1.54, 1.807) is 0 Å². The smallest absolute Gasteiger partial charge is 0.0648 e. The SMILES string of the molecule is C1COCC2(C1)CCN2. The van der Waals surface area contributed by atoms with Gasteiger partial charge in [0.1, 0.15) is 0 Å². The summed E-state index contributed by atoms with van der Waals surface area (Å²) in [5.41, 5.74) is 0.429. The molecule has 0 aliphatic carbocycles. The van der Waals surface area contributed by atoms with Gasteiger partial charge in [0.15, 0.2) is 0 Å². The minimum absolute atomic E-state index is 0.429. The molecule has 1 unspecified atom stereocenters. The lowest BCUT2D eigenvalue weighted by atomic mass is 9.83. The Morgan fingerprint density at radius 3 is 2.56 bits per heavy atom. The van der Waals surface area contributed by atoms with Gasteiger partial charge in [0, 0.05) is 12.1 Å². The van der Waals surface area contributed by atoms with E-state index in [4.69, 9.17) is 4.74 Å². The number of hydrogen-bond donors (Lipinski definition) is 1. The van der Waals surface area contributed by atoms with Gasteiger partial charge in [-0.1, -0.05) is 0 Å². The molecule has 2 saturated heterocycles. The Labute approximate surface area is 55.6 Å². The molecule has 0 radical (unpaired) electrons. The summed E-state index contributed by atoms with van der Waals surface area (Å²) in [5, 5.41) is 3.44. The fraction of sp³-hybridized carbons (Fsp3) is 1.00. The Morgan fingerprint density at radius 1 is 1.33 bits per heavy atom. The lowest BCUT2D eigenvalue weighted by Crippen LogP contribution is -2.61. The first-order valence-electron chi connectivity index (χ1n) is 3.74. The number of hydrogen-bond acceptors (Lipinski definition) is 2. The van der Waals surface area contributed by atoms with E-state index in [1.165, 1.54) is 25.8 Å². The van der Waals surface area contributed by atoms with Crippen molar-refractivity contribution in [3.05, 3.63) is 0 Å². The highest BCUT2D eigenvalue weighted by Crippen LogP contribution is 2.27. The highest BCUT2D eigenvalue weighted by molar-refractivity contribution is 4.97. The van der Waals surface area contributed by atoms with Crippen LogP contribution >= 0.6 is 0 Å². The molecule has 2 fully saturated rings. The van der Waals surface area contributed by atoms with Gasteiger partial charge >= 0.3 is 0 Å². The standard InChI is InChI=1S/C7H13NO/c1-2-7(3-4-8-7)6-9-5-1/h8H,1-6H2. The maximum absolute atomic E-state index is 5.36. The lowest BCUT2D eigenvalue weighted by Gasteiger charge is -2.45. The van der Waals surface area contributed by atoms with Crippen LogP contribution in [-0.4, -0.2) is 25.3 Å². The van der Waals surface area contributed by atoms with Gasteiger partial charge in [0.25, 0.3) is 0 Å². The fourth-order valence-corrected chi connectivity index (χ4v) is 1.67. The summed E-state index contributed by atoms with van der Waals surface area (Å²) in [6, 6.07) is 0. The monoisotopic (exact) mass is 127 g/mol. The lowest BCUT2D eigenvalue weighted by molar-refractivity contribution is -0.0113. The van der Waals surface area contributed by atoms with Crippen LogP contribution in [-0.2, 0) is 4.74 Å². The van der Waals surface area contributed by atoms with E-state index in [0.717, 1.165) is 13.2 Å². The van der Waals surface area contributed by atoms with E-state index in [1.807, 2.05) is 0 Å². The maximum atomic E-state index is 5.36. The Kier molecular flexibility index (Phi) is 1.24. The molecule has 52 valence electrons. The van der Waals surface area contributed by atoms with Crippen LogP contribution in [0, 0.1) is 0 Å². The summed E-state index contributed by atoms with van der Waals surface area (Å²) in [5.74, 6) is 0. The van der Waals surface area contributed by atoms with Crippen molar-refractivity contribution < 1.29 is 4.74 Å². The number of nitrogens with one attached hydrogen (secondary N) is 1. The number of ether oxygens (including phenoxy) is 1. The van der Waals surface area contributed by atoms with Crippen LogP contribution in [0.25, 0.3) is 0 Å². The van der Waals surface area contributed by atoms with Gasteiger partial charge in [0.05, 0.1) is 6.61 Å². The Bertz CT molecular complexity index is 101. The Hall–Kier alpha value is -0.0800. The minimum atomic E-state index is 0.429. The molecule has 2 nitrogen and oxygen atoms in total. The zero-order valence-electron chi connectivity index (χ0n) is 5.65. The molecular weight excluding hydrogens is 114 g/mol. The summed E-state index contributed by atoms with van der Waals surface area (Å²) in [4.78, 5) is 0. The Morgan fingerprint density at radius 2 is 2.22 bits per heavy atom. The van der Waals surface area contributed by atoms with E-state index in [-0.39, 0.29) is 0 Å². The summed E-state index contributed by atoms with van der Waals surface area (Å²) >= 11 is 0. The Balaban J connectivity index is 1.93. The van der Waals surface area contributed by atoms with Crippen LogP contribution in [0.2, 0.25) is 0 Å². The predicted octanol–water partition coefficient (Wildman–Crippen LogP) is 0.529. The molecule has 1 N–H and O–H groups in total. The van der Waals surface area contributed by atoms with Gasteiger partial charge in [0.2, 0.25) is 0 Å². The molecule has 2 aliphatic heterocycles. The zero-order chi connectivity index (χ0) is 6.16. The highest BCUT2D eigenvalue weighted by atomic mass is 16.5. The molecule has 9 heavy (non-hydrogen) atoms. The zero-order valence-corrected chi connectivity index (χ0v) is 5.65. The van der Waals surface area contributed by atoms with E-state index in [2.05, 4.69) is 5.32 Å². The molecule has 1 atom stereocenters. The van der Waals surface area contributed by atoms with Crippen LogP contribution < -0.4 is 5.32 Å². The quantitative estimate of drug-likeness (QED) is 0.512. The first-order valence-corrected chi connectivity index (χ1v) is 3.74. The summed E-state index contributed by atoms with van der Waals surface area (Å²) < 4.78 is 5.36. The molecule has 0 aromatic carbocycles. The van der Waals surface area contributed by atoms with Gasteiger partial charge in [-0.2, -0.15) is 0 Å². The van der Waals surface area contributed by atoms with Crippen molar-refractivity contribution in [2.24, 2.45) is 0 Å². The van der Waals surface area contributed by atoms with Gasteiger partial charge in [-0.15, -0.1) is 0 Å². The second-order valence-electron chi connectivity index (χ2n) is 3.11. The van der Waals surface area contributed by atoms with Crippen molar-refractivity contribution in [3.8, 4) is 0 Å². The molecule has 0 bridgehead atoms. The third-order valence-electron chi connectivity index (χ3n) is 2.43. The van der Waals surface area contributed by atoms with Gasteiger partial charge < -0.3 is 10.1 Å². The van der Waals surface area contributed by atoms with Gasteiger partial charge in [-0.3, -0.25) is 0 Å². The molecule has 2 rings (SSSR count). The average Bonchev–Trinajstić information content (AvgIpc) is 1.87. The van der Waals surface area contributed by atoms with Crippen molar-refractivity contribution in [2.75, 3.05) is 19.8 Å². The third-order valence-corrected chi connectivity index (χ3v) is 2.43. The summed E-state index contributed by atoms with van der Waals surface area (Å²) in [6.07, 6.45) is 3.90. The topological polar surface area (TPSA) is 21.3 Å². The largest absolute Gasteiger partial charge is 0.380 e. The van der Waals surface area contributed by atoms with Crippen LogP contribution in [0.15, 0.2) is 0 Å². The van der Waals surface area contributed by atoms with Crippen molar-refractivity contribution in [1.29, 1.82) is 0 Å². The second kappa shape index (κ2) is 1.96. The van der Waals surface area contributed by atoms with Crippen molar-refractivity contribution >= 4 is 0 Å².